The van der Waals surface area contributed by atoms with E-state index in [-0.39, 0.29) is 0 Å². The van der Waals surface area contributed by atoms with Gasteiger partial charge < -0.3 is 4.98 Å². The van der Waals surface area contributed by atoms with Crippen LogP contribution in [0, 0.1) is 0 Å². The predicted octanol–water partition coefficient (Wildman–Crippen LogP) is 4.93. The lowest BCUT2D eigenvalue weighted by molar-refractivity contribution is 0.837. The van der Waals surface area contributed by atoms with E-state index in [1.807, 2.05) is 6.20 Å². The number of hydrogen-bond donors (Lipinski definition) is 1. The summed E-state index contributed by atoms with van der Waals surface area (Å²) in [7, 11) is 0. The first kappa shape index (κ1) is 12.0. The fraction of sp³-hybridized carbons (Fsp3) is 0.375. The molecule has 2 aromatic rings. The lowest BCUT2D eigenvalue weighted by Gasteiger charge is -2.18. The molecule has 17 heavy (non-hydrogen) atoms. The Hall–Kier alpha value is -1.50. The average Bonchev–Trinajstić information content (AvgIpc) is 2.80. The van der Waals surface area contributed by atoms with Gasteiger partial charge in [0.05, 0.1) is 0 Å². The molecule has 0 aliphatic carbocycles. The zero-order valence-corrected chi connectivity index (χ0v) is 11.1. The van der Waals surface area contributed by atoms with Gasteiger partial charge in [-0.2, -0.15) is 0 Å². The van der Waals surface area contributed by atoms with Crippen LogP contribution in [0.25, 0.3) is 11.3 Å². The Labute approximate surface area is 104 Å². The predicted molar refractivity (Wildman–Crippen MR) is 74.4 cm³/mol. The molecule has 0 saturated carbocycles. The van der Waals surface area contributed by atoms with Gasteiger partial charge in [0.25, 0.3) is 0 Å². The number of hydrogen-bond acceptors (Lipinski definition) is 0. The van der Waals surface area contributed by atoms with Gasteiger partial charge in [0, 0.05) is 17.5 Å². The third kappa shape index (κ3) is 2.28. The van der Waals surface area contributed by atoms with Crippen LogP contribution in [-0.4, -0.2) is 4.98 Å². The van der Waals surface area contributed by atoms with Crippen molar-refractivity contribution >= 4 is 0 Å². The standard InChI is InChI=1S/C16H21N/c1-11(2)13-7-5-8-14(12(3)4)16(13)15-9-6-10-17-15/h5-12,17H,1-4H3. The van der Waals surface area contributed by atoms with Crippen LogP contribution in [0.15, 0.2) is 36.5 Å². The summed E-state index contributed by atoms with van der Waals surface area (Å²) in [6.45, 7) is 9.02. The summed E-state index contributed by atoms with van der Waals surface area (Å²) in [5.74, 6) is 1.10. The molecule has 0 radical (unpaired) electrons. The van der Waals surface area contributed by atoms with Gasteiger partial charge in [-0.05, 0) is 35.1 Å². The van der Waals surface area contributed by atoms with Crippen molar-refractivity contribution in [2.24, 2.45) is 0 Å². The molecule has 0 atom stereocenters. The Bertz CT molecular complexity index is 452. The monoisotopic (exact) mass is 227 g/mol. The van der Waals surface area contributed by atoms with E-state index in [9.17, 15) is 0 Å². The van der Waals surface area contributed by atoms with E-state index >= 15 is 0 Å². The maximum atomic E-state index is 3.34. The smallest absolute Gasteiger partial charge is 0.0459 e. The molecule has 1 nitrogen and oxygen atoms in total. The van der Waals surface area contributed by atoms with Gasteiger partial charge >= 0.3 is 0 Å². The topological polar surface area (TPSA) is 15.8 Å². The summed E-state index contributed by atoms with van der Waals surface area (Å²) in [5.41, 5.74) is 5.48. The number of aromatic nitrogens is 1. The molecule has 1 heteroatoms. The Morgan fingerprint density at radius 1 is 0.824 bits per heavy atom. The molecule has 1 N–H and O–H groups in total. The molecule has 0 aliphatic heterocycles. The first-order valence-corrected chi connectivity index (χ1v) is 6.37. The van der Waals surface area contributed by atoms with Gasteiger partial charge in [-0.1, -0.05) is 45.9 Å². The fourth-order valence-electron chi connectivity index (χ4n) is 2.35. The normalized spacial score (nSPS) is 11.4. The second-order valence-electron chi connectivity index (χ2n) is 5.20. The molecule has 0 bridgehead atoms. The van der Waals surface area contributed by atoms with E-state index in [1.54, 1.807) is 0 Å². The van der Waals surface area contributed by atoms with E-state index < -0.39 is 0 Å². The zero-order chi connectivity index (χ0) is 12.4. The SMILES string of the molecule is CC(C)c1cccc(C(C)C)c1-c1ccc[nH]1. The maximum absolute atomic E-state index is 3.34. The summed E-state index contributed by atoms with van der Waals surface area (Å²) in [5, 5.41) is 0. The molecule has 1 aromatic heterocycles. The first-order valence-electron chi connectivity index (χ1n) is 6.37. The average molecular weight is 227 g/mol. The van der Waals surface area contributed by atoms with Crippen LogP contribution in [0.2, 0.25) is 0 Å². The number of benzene rings is 1. The molecular formula is C16H21N. The Balaban J connectivity index is 2.67. The van der Waals surface area contributed by atoms with Gasteiger partial charge in [-0.15, -0.1) is 0 Å². The quantitative estimate of drug-likeness (QED) is 0.765. The second-order valence-corrected chi connectivity index (χ2v) is 5.20. The minimum absolute atomic E-state index is 0.548. The number of nitrogens with one attached hydrogen (secondary N) is 1. The zero-order valence-electron chi connectivity index (χ0n) is 11.1. The Kier molecular flexibility index (Phi) is 3.37. The van der Waals surface area contributed by atoms with Crippen LogP contribution in [0.5, 0.6) is 0 Å². The van der Waals surface area contributed by atoms with Crippen LogP contribution in [-0.2, 0) is 0 Å². The number of H-pyrrole nitrogens is 1. The van der Waals surface area contributed by atoms with E-state index in [1.165, 1.54) is 22.4 Å². The van der Waals surface area contributed by atoms with Crippen LogP contribution in [0.4, 0.5) is 0 Å². The van der Waals surface area contributed by atoms with Gasteiger partial charge in [0.2, 0.25) is 0 Å². The third-order valence-electron chi connectivity index (χ3n) is 3.24. The van der Waals surface area contributed by atoms with Crippen LogP contribution in [0.1, 0.15) is 50.7 Å². The highest BCUT2D eigenvalue weighted by Gasteiger charge is 2.15. The molecule has 0 unspecified atom stereocenters. The van der Waals surface area contributed by atoms with Crippen molar-refractivity contribution in [3.05, 3.63) is 47.7 Å². The summed E-state index contributed by atoms with van der Waals surface area (Å²) in [6, 6.07) is 10.9. The highest BCUT2D eigenvalue weighted by Crippen LogP contribution is 2.34. The van der Waals surface area contributed by atoms with Crippen molar-refractivity contribution in [3.8, 4) is 11.3 Å². The summed E-state index contributed by atoms with van der Waals surface area (Å²) < 4.78 is 0. The van der Waals surface area contributed by atoms with Crippen molar-refractivity contribution < 1.29 is 0 Å². The molecule has 0 amide bonds. The third-order valence-corrected chi connectivity index (χ3v) is 3.24. The van der Waals surface area contributed by atoms with Crippen LogP contribution >= 0.6 is 0 Å². The highest BCUT2D eigenvalue weighted by atomic mass is 14.7. The highest BCUT2D eigenvalue weighted by molar-refractivity contribution is 5.69. The van der Waals surface area contributed by atoms with Gasteiger partial charge in [0.1, 0.15) is 0 Å². The minimum atomic E-state index is 0.548. The molecule has 2 rings (SSSR count). The van der Waals surface area contributed by atoms with Crippen molar-refractivity contribution in [2.75, 3.05) is 0 Å². The molecule has 0 saturated heterocycles. The Morgan fingerprint density at radius 2 is 1.41 bits per heavy atom. The minimum Gasteiger partial charge on any atom is -0.361 e. The van der Waals surface area contributed by atoms with E-state index in [0.29, 0.717) is 11.8 Å². The first-order chi connectivity index (χ1) is 8.11. The van der Waals surface area contributed by atoms with Crippen molar-refractivity contribution in [2.45, 2.75) is 39.5 Å². The lowest BCUT2D eigenvalue weighted by atomic mass is 9.87. The fourth-order valence-corrected chi connectivity index (χ4v) is 2.35. The molecule has 0 spiro atoms. The van der Waals surface area contributed by atoms with Gasteiger partial charge in [-0.3, -0.25) is 0 Å². The molecule has 0 fully saturated rings. The van der Waals surface area contributed by atoms with Crippen LogP contribution in [0.3, 0.4) is 0 Å². The summed E-state index contributed by atoms with van der Waals surface area (Å²) in [4.78, 5) is 3.34. The van der Waals surface area contributed by atoms with E-state index in [2.05, 4.69) is 63.0 Å². The van der Waals surface area contributed by atoms with Crippen molar-refractivity contribution in [1.29, 1.82) is 0 Å². The van der Waals surface area contributed by atoms with E-state index in [4.69, 9.17) is 0 Å². The molecule has 1 heterocycles. The molecule has 1 aromatic carbocycles. The second kappa shape index (κ2) is 4.79. The maximum Gasteiger partial charge on any atom is 0.0459 e. The molecule has 90 valence electrons. The largest absolute Gasteiger partial charge is 0.361 e. The lowest BCUT2D eigenvalue weighted by Crippen LogP contribution is -1.99. The van der Waals surface area contributed by atoms with Crippen molar-refractivity contribution in [3.63, 3.8) is 0 Å². The van der Waals surface area contributed by atoms with Crippen LogP contribution < -0.4 is 0 Å². The molecule has 0 aliphatic rings. The van der Waals surface area contributed by atoms with Gasteiger partial charge in [-0.25, -0.2) is 0 Å². The Morgan fingerprint density at radius 3 is 1.82 bits per heavy atom. The number of rotatable bonds is 3. The number of aromatic amines is 1. The van der Waals surface area contributed by atoms with Gasteiger partial charge in [0.15, 0.2) is 0 Å². The molecular weight excluding hydrogens is 206 g/mol. The van der Waals surface area contributed by atoms with E-state index in [0.717, 1.165) is 0 Å². The summed E-state index contributed by atoms with van der Waals surface area (Å²) in [6.07, 6.45) is 2.00. The summed E-state index contributed by atoms with van der Waals surface area (Å²) >= 11 is 0. The van der Waals surface area contributed by atoms with Crippen molar-refractivity contribution in [1.82, 2.24) is 4.98 Å².